The number of rotatable bonds is 6. The average Bonchev–Trinajstić information content (AvgIpc) is 3.17. The van der Waals surface area contributed by atoms with Gasteiger partial charge in [-0.2, -0.15) is 5.10 Å². The number of anilines is 1. The third kappa shape index (κ3) is 4.33. The Labute approximate surface area is 161 Å². The standard InChI is InChI=1S/C18H20ClFN6O/c1-11(8-26-13(3)16(19)12(2)23-26)17(27)22-18-21-10-25(24-18)9-14-6-4-5-7-15(14)20/h4-7,10-11H,8-9H2,1-3H3,(H,22,24,27). The molecular formula is C18H20ClFN6O. The Balaban J connectivity index is 1.61. The van der Waals surface area contributed by atoms with Gasteiger partial charge in [0.05, 0.1) is 35.4 Å². The fraction of sp³-hybridized carbons (Fsp3) is 0.333. The molecule has 3 aromatic rings. The molecule has 1 amide bonds. The number of hydrogen-bond acceptors (Lipinski definition) is 4. The summed E-state index contributed by atoms with van der Waals surface area (Å²) in [6, 6.07) is 6.45. The van der Waals surface area contributed by atoms with E-state index in [2.05, 4.69) is 20.5 Å². The molecule has 142 valence electrons. The first-order chi connectivity index (χ1) is 12.8. The molecule has 0 saturated heterocycles. The minimum Gasteiger partial charge on any atom is -0.293 e. The van der Waals surface area contributed by atoms with Gasteiger partial charge < -0.3 is 0 Å². The van der Waals surface area contributed by atoms with Gasteiger partial charge in [0, 0.05) is 5.56 Å². The van der Waals surface area contributed by atoms with Crippen LogP contribution in [-0.4, -0.2) is 30.5 Å². The number of nitrogens with one attached hydrogen (secondary N) is 1. The number of nitrogens with zero attached hydrogens (tertiary/aromatic N) is 5. The predicted octanol–water partition coefficient (Wildman–Crippen LogP) is 3.21. The van der Waals surface area contributed by atoms with Crippen molar-refractivity contribution in [3.63, 3.8) is 0 Å². The lowest BCUT2D eigenvalue weighted by atomic mass is 10.1. The van der Waals surface area contributed by atoms with E-state index >= 15 is 0 Å². The van der Waals surface area contributed by atoms with Crippen LogP contribution in [-0.2, 0) is 17.9 Å². The van der Waals surface area contributed by atoms with Crippen molar-refractivity contribution in [3.05, 3.63) is 58.4 Å². The molecule has 0 bridgehead atoms. The Kier molecular flexibility index (Phi) is 5.55. The highest BCUT2D eigenvalue weighted by molar-refractivity contribution is 6.31. The molecule has 27 heavy (non-hydrogen) atoms. The van der Waals surface area contributed by atoms with Gasteiger partial charge in [-0.15, -0.1) is 5.10 Å². The highest BCUT2D eigenvalue weighted by atomic mass is 35.5. The van der Waals surface area contributed by atoms with Crippen molar-refractivity contribution in [2.45, 2.75) is 33.9 Å². The zero-order valence-electron chi connectivity index (χ0n) is 15.3. The van der Waals surface area contributed by atoms with Gasteiger partial charge in [0.15, 0.2) is 0 Å². The van der Waals surface area contributed by atoms with Crippen LogP contribution in [0.5, 0.6) is 0 Å². The normalized spacial score (nSPS) is 12.2. The highest BCUT2D eigenvalue weighted by Crippen LogP contribution is 2.20. The van der Waals surface area contributed by atoms with Crippen molar-refractivity contribution in [2.24, 2.45) is 5.92 Å². The van der Waals surface area contributed by atoms with Crippen molar-refractivity contribution >= 4 is 23.5 Å². The van der Waals surface area contributed by atoms with Crippen LogP contribution in [0, 0.1) is 25.6 Å². The molecule has 0 saturated carbocycles. The monoisotopic (exact) mass is 390 g/mol. The first kappa shape index (κ1) is 19.0. The fourth-order valence-corrected chi connectivity index (χ4v) is 2.79. The number of aromatic nitrogens is 5. The van der Waals surface area contributed by atoms with Crippen LogP contribution in [0.2, 0.25) is 5.02 Å². The summed E-state index contributed by atoms with van der Waals surface area (Å²) < 4.78 is 16.9. The van der Waals surface area contributed by atoms with Gasteiger partial charge in [0.2, 0.25) is 11.9 Å². The van der Waals surface area contributed by atoms with E-state index in [1.807, 2.05) is 13.8 Å². The molecule has 1 unspecified atom stereocenters. The number of carbonyl (C=O) groups is 1. The average molecular weight is 391 g/mol. The maximum atomic E-state index is 13.7. The molecule has 0 radical (unpaired) electrons. The summed E-state index contributed by atoms with van der Waals surface area (Å²) in [4.78, 5) is 16.5. The largest absolute Gasteiger partial charge is 0.293 e. The SMILES string of the molecule is Cc1nn(CC(C)C(=O)Nc2ncn(Cc3ccccc3F)n2)c(C)c1Cl. The Bertz CT molecular complexity index is 967. The maximum absolute atomic E-state index is 13.7. The summed E-state index contributed by atoms with van der Waals surface area (Å²) in [5, 5.41) is 11.8. The number of carbonyl (C=O) groups excluding carboxylic acids is 1. The van der Waals surface area contributed by atoms with Crippen LogP contribution in [0.25, 0.3) is 0 Å². The van der Waals surface area contributed by atoms with Gasteiger partial charge in [-0.1, -0.05) is 36.7 Å². The van der Waals surface area contributed by atoms with Gasteiger partial charge in [-0.25, -0.2) is 14.1 Å². The van der Waals surface area contributed by atoms with Crippen LogP contribution in [0.1, 0.15) is 23.9 Å². The van der Waals surface area contributed by atoms with Crippen LogP contribution in [0.3, 0.4) is 0 Å². The maximum Gasteiger partial charge on any atom is 0.248 e. The van der Waals surface area contributed by atoms with Gasteiger partial charge in [-0.3, -0.25) is 14.8 Å². The summed E-state index contributed by atoms with van der Waals surface area (Å²) >= 11 is 6.14. The molecule has 2 heterocycles. The van der Waals surface area contributed by atoms with Gasteiger partial charge >= 0.3 is 0 Å². The molecule has 0 fully saturated rings. The predicted molar refractivity (Wildman–Crippen MR) is 100 cm³/mol. The number of aryl methyl sites for hydroxylation is 1. The van der Waals surface area contributed by atoms with Crippen molar-refractivity contribution in [1.82, 2.24) is 24.5 Å². The Morgan fingerprint density at radius 1 is 1.30 bits per heavy atom. The zero-order valence-corrected chi connectivity index (χ0v) is 16.0. The Hall–Kier alpha value is -2.74. The van der Waals surface area contributed by atoms with E-state index in [1.165, 1.54) is 17.1 Å². The van der Waals surface area contributed by atoms with E-state index in [0.717, 1.165) is 11.4 Å². The summed E-state index contributed by atoms with van der Waals surface area (Å²) in [5.74, 6) is -0.731. The van der Waals surface area contributed by atoms with Crippen molar-refractivity contribution in [1.29, 1.82) is 0 Å². The van der Waals surface area contributed by atoms with E-state index in [9.17, 15) is 9.18 Å². The second kappa shape index (κ2) is 7.87. The van der Waals surface area contributed by atoms with Crippen LogP contribution < -0.4 is 5.32 Å². The van der Waals surface area contributed by atoms with Crippen molar-refractivity contribution in [2.75, 3.05) is 5.32 Å². The summed E-state index contributed by atoms with van der Waals surface area (Å²) in [7, 11) is 0. The lowest BCUT2D eigenvalue weighted by molar-refractivity contribution is -0.119. The summed E-state index contributed by atoms with van der Waals surface area (Å²) in [6.45, 7) is 6.09. The van der Waals surface area contributed by atoms with E-state index in [0.29, 0.717) is 17.1 Å². The van der Waals surface area contributed by atoms with Gasteiger partial charge in [-0.05, 0) is 19.9 Å². The lowest BCUT2D eigenvalue weighted by Crippen LogP contribution is -2.26. The lowest BCUT2D eigenvalue weighted by Gasteiger charge is -2.11. The van der Waals surface area contributed by atoms with E-state index in [-0.39, 0.29) is 30.1 Å². The highest BCUT2D eigenvalue weighted by Gasteiger charge is 2.18. The molecule has 1 aromatic carbocycles. The molecule has 7 nitrogen and oxygen atoms in total. The van der Waals surface area contributed by atoms with Crippen molar-refractivity contribution < 1.29 is 9.18 Å². The second-order valence-corrected chi connectivity index (χ2v) is 6.79. The fourth-order valence-electron chi connectivity index (χ4n) is 2.66. The van der Waals surface area contributed by atoms with Gasteiger partial charge in [0.25, 0.3) is 0 Å². The molecule has 0 aliphatic rings. The summed E-state index contributed by atoms with van der Waals surface area (Å²) in [6.07, 6.45) is 1.45. The minimum absolute atomic E-state index is 0.176. The molecular weight excluding hydrogens is 371 g/mol. The van der Waals surface area contributed by atoms with E-state index < -0.39 is 0 Å². The minimum atomic E-state index is -0.363. The molecule has 2 aromatic heterocycles. The third-order valence-electron chi connectivity index (χ3n) is 4.25. The molecule has 0 aliphatic carbocycles. The Morgan fingerprint density at radius 2 is 2.04 bits per heavy atom. The molecule has 9 heteroatoms. The third-order valence-corrected chi connectivity index (χ3v) is 4.80. The number of amides is 1. The molecule has 1 N–H and O–H groups in total. The van der Waals surface area contributed by atoms with E-state index in [1.54, 1.807) is 29.8 Å². The number of benzene rings is 1. The van der Waals surface area contributed by atoms with Crippen LogP contribution in [0.4, 0.5) is 10.3 Å². The molecule has 1 atom stereocenters. The Morgan fingerprint density at radius 3 is 2.70 bits per heavy atom. The number of halogens is 2. The molecule has 0 spiro atoms. The van der Waals surface area contributed by atoms with E-state index in [4.69, 9.17) is 11.6 Å². The van der Waals surface area contributed by atoms with Crippen LogP contribution in [0.15, 0.2) is 30.6 Å². The molecule has 0 aliphatic heterocycles. The van der Waals surface area contributed by atoms with Crippen molar-refractivity contribution in [3.8, 4) is 0 Å². The molecule has 3 rings (SSSR count). The summed E-state index contributed by atoms with van der Waals surface area (Å²) in [5.41, 5.74) is 2.05. The number of hydrogen-bond donors (Lipinski definition) is 1. The zero-order chi connectivity index (χ0) is 19.6. The first-order valence-corrected chi connectivity index (χ1v) is 8.86. The smallest absolute Gasteiger partial charge is 0.248 e. The second-order valence-electron chi connectivity index (χ2n) is 6.41. The van der Waals surface area contributed by atoms with Crippen LogP contribution >= 0.6 is 11.6 Å². The topological polar surface area (TPSA) is 77.6 Å². The first-order valence-electron chi connectivity index (χ1n) is 8.48. The van der Waals surface area contributed by atoms with Gasteiger partial charge in [0.1, 0.15) is 12.1 Å². The quantitative estimate of drug-likeness (QED) is 0.701.